The highest BCUT2D eigenvalue weighted by Gasteiger charge is 2.42. The Labute approximate surface area is 406 Å². The lowest BCUT2D eigenvalue weighted by molar-refractivity contribution is -0.164. The number of ether oxygens (including phenoxy) is 2. The number of phenolic OH excluding ortho intramolecular Hbond substituents is 1. The predicted molar refractivity (Wildman–Crippen MR) is 267 cm³/mol. The Kier molecular flexibility index (Phi) is 16.3. The van der Waals surface area contributed by atoms with E-state index in [-0.39, 0.29) is 60.6 Å². The summed E-state index contributed by atoms with van der Waals surface area (Å²) in [6.07, 6.45) is 1.62. The number of nitrogens with zero attached hydrogens (tertiary/aromatic N) is 1. The Morgan fingerprint density at radius 1 is 0.757 bits per heavy atom. The molecule has 2 atom stereocenters. The smallest absolute Gasteiger partial charge is 0.347 e. The van der Waals surface area contributed by atoms with Crippen LogP contribution < -0.4 is 20.9 Å². The summed E-state index contributed by atoms with van der Waals surface area (Å²) in [5, 5.41) is 39.8. The molecule has 0 bridgehead atoms. The van der Waals surface area contributed by atoms with Gasteiger partial charge in [0.1, 0.15) is 18.1 Å². The second kappa shape index (κ2) is 23.3. The first kappa shape index (κ1) is 49.0. The number of amides is 1. The first-order chi connectivity index (χ1) is 34.0. The lowest BCUT2D eigenvalue weighted by Gasteiger charge is -2.33. The molecule has 0 radical (unpaired) electrons. The summed E-state index contributed by atoms with van der Waals surface area (Å²) >= 11 is 0. The summed E-state index contributed by atoms with van der Waals surface area (Å²) in [5.41, 5.74) is 3.19. The van der Waals surface area contributed by atoms with Crippen molar-refractivity contribution in [3.63, 3.8) is 0 Å². The van der Waals surface area contributed by atoms with Crippen LogP contribution in [0, 0.1) is 5.92 Å². The van der Waals surface area contributed by atoms with Gasteiger partial charge >= 0.3 is 5.97 Å². The number of carbonyl (C=O) groups is 3. The number of aromatic hydroxyl groups is 1. The van der Waals surface area contributed by atoms with Crippen molar-refractivity contribution < 1.29 is 39.2 Å². The summed E-state index contributed by atoms with van der Waals surface area (Å²) in [5.74, 6) is -0.466. The minimum atomic E-state index is -2.06. The number of piperidine rings is 1. The Balaban J connectivity index is 0.762. The second-order valence-corrected chi connectivity index (χ2v) is 17.8. The number of likely N-dealkylation sites (tertiary alicyclic amines) is 1. The first-order valence-electron chi connectivity index (χ1n) is 23.7. The van der Waals surface area contributed by atoms with E-state index in [1.165, 1.54) is 17.7 Å². The van der Waals surface area contributed by atoms with E-state index in [1.807, 2.05) is 24.3 Å². The number of hydrogen-bond donors (Lipinski definition) is 6. The van der Waals surface area contributed by atoms with Gasteiger partial charge in [-0.25, -0.2) is 4.79 Å². The van der Waals surface area contributed by atoms with E-state index in [1.54, 1.807) is 97.1 Å². The quantitative estimate of drug-likeness (QED) is 0.0235. The highest BCUT2D eigenvalue weighted by atomic mass is 16.5. The van der Waals surface area contributed by atoms with Crippen molar-refractivity contribution in [3.8, 4) is 11.5 Å². The average Bonchev–Trinajstić information content (AvgIpc) is 3.39. The Bertz CT molecular complexity index is 2920. The Morgan fingerprint density at radius 2 is 1.44 bits per heavy atom. The number of esters is 1. The third-order valence-electron chi connectivity index (χ3n) is 12.8. The van der Waals surface area contributed by atoms with E-state index in [0.29, 0.717) is 58.5 Å². The van der Waals surface area contributed by atoms with Crippen molar-refractivity contribution in [2.75, 3.05) is 32.8 Å². The molecular formula is C57H58N4O9. The van der Waals surface area contributed by atoms with Crippen LogP contribution in [0.15, 0.2) is 163 Å². The van der Waals surface area contributed by atoms with Crippen LogP contribution in [0.5, 0.6) is 11.5 Å². The van der Waals surface area contributed by atoms with Gasteiger partial charge in [-0.15, -0.1) is 0 Å². The fourth-order valence-electron chi connectivity index (χ4n) is 8.78. The SMILES string of the molecule is O=C(CCCNC(=O)c1ccc(COc2cccc([C@](O)(C(=O)OCC3CCN(Cc4ccccc4)CC3)c3ccccc3)c2)cc1)c1ccc(CNC[C@H](O)c2ccc(O)c3[nH]c(=O)ccc23)cc1. The number of fused-ring (bicyclic) bond motifs is 1. The van der Waals surface area contributed by atoms with Gasteiger partial charge in [-0.05, 0) is 102 Å². The van der Waals surface area contributed by atoms with Crippen LogP contribution >= 0.6 is 0 Å². The van der Waals surface area contributed by atoms with Crippen LogP contribution in [0.4, 0.5) is 0 Å². The van der Waals surface area contributed by atoms with Crippen molar-refractivity contribution in [1.82, 2.24) is 20.5 Å². The molecule has 1 amide bonds. The maximum absolute atomic E-state index is 13.9. The van der Waals surface area contributed by atoms with Crippen LogP contribution in [0.2, 0.25) is 0 Å². The largest absolute Gasteiger partial charge is 0.506 e. The molecule has 13 heteroatoms. The standard InChI is InChI=1S/C57H58N4O9/c62-50(43-20-16-39(17-21-43)34-58-35-52(64)48-24-26-51(63)54-49(48)25-27-53(65)60-54)15-8-30-59-55(66)44-22-18-41(19-23-44)37-69-47-14-7-13-46(33-47)57(68,45-11-5-2-6-12-45)56(67)70-38-42-28-31-61(32-29-42)36-40-9-3-1-4-10-40/h1-7,9-14,16-27,33,42,52,58,63-64,68H,8,15,28-32,34-38H2,(H,59,66)(H,60,65)/t52-,57-/m0/s1. The number of nitrogens with one attached hydrogen (secondary N) is 3. The topological polar surface area (TPSA) is 191 Å². The molecular weight excluding hydrogens is 885 g/mol. The summed E-state index contributed by atoms with van der Waals surface area (Å²) < 4.78 is 12.0. The van der Waals surface area contributed by atoms with E-state index in [4.69, 9.17) is 9.47 Å². The van der Waals surface area contributed by atoms with Gasteiger partial charge < -0.3 is 40.4 Å². The highest BCUT2D eigenvalue weighted by molar-refractivity contribution is 5.96. The number of H-pyrrole nitrogens is 1. The number of aliphatic hydroxyl groups is 2. The summed E-state index contributed by atoms with van der Waals surface area (Å²) in [4.78, 5) is 56.5. The second-order valence-electron chi connectivity index (χ2n) is 17.8. The number of phenols is 1. The van der Waals surface area contributed by atoms with Crippen molar-refractivity contribution >= 4 is 28.6 Å². The third-order valence-corrected chi connectivity index (χ3v) is 12.8. The molecule has 0 aliphatic carbocycles. The maximum Gasteiger partial charge on any atom is 0.347 e. The molecule has 0 spiro atoms. The van der Waals surface area contributed by atoms with Gasteiger partial charge in [-0.2, -0.15) is 0 Å². The van der Waals surface area contributed by atoms with Crippen LogP contribution in [0.3, 0.4) is 0 Å². The Morgan fingerprint density at radius 3 is 2.19 bits per heavy atom. The molecule has 360 valence electrons. The zero-order chi connectivity index (χ0) is 48.9. The minimum absolute atomic E-state index is 0.0394. The lowest BCUT2D eigenvalue weighted by Crippen LogP contribution is -2.40. The molecule has 1 aliphatic heterocycles. The number of aliphatic hydroxyl groups excluding tert-OH is 1. The van der Waals surface area contributed by atoms with E-state index in [2.05, 4.69) is 44.8 Å². The molecule has 0 unspecified atom stereocenters. The van der Waals surface area contributed by atoms with Crippen LogP contribution in [0.1, 0.15) is 85.9 Å². The van der Waals surface area contributed by atoms with Crippen LogP contribution in [0.25, 0.3) is 10.9 Å². The van der Waals surface area contributed by atoms with E-state index >= 15 is 0 Å². The molecule has 8 rings (SSSR count). The van der Waals surface area contributed by atoms with Crippen molar-refractivity contribution in [2.45, 2.75) is 57.1 Å². The van der Waals surface area contributed by atoms with Gasteiger partial charge in [0.05, 0.1) is 18.2 Å². The van der Waals surface area contributed by atoms with Gasteiger partial charge in [0, 0.05) is 60.7 Å². The summed E-state index contributed by atoms with van der Waals surface area (Å²) in [7, 11) is 0. The molecule has 2 heterocycles. The van der Waals surface area contributed by atoms with Crippen LogP contribution in [-0.2, 0) is 34.8 Å². The van der Waals surface area contributed by atoms with E-state index in [0.717, 1.165) is 43.6 Å². The molecule has 6 N–H and O–H groups in total. The highest BCUT2D eigenvalue weighted by Crippen LogP contribution is 2.34. The van der Waals surface area contributed by atoms with Gasteiger partial charge in [0.25, 0.3) is 5.91 Å². The number of Topliss-reactive ketones (excluding diaryl/α,β-unsaturated/α-hetero) is 1. The fraction of sp³-hybridized carbons (Fsp3) is 0.263. The number of rotatable bonds is 21. The number of aromatic amines is 1. The maximum atomic E-state index is 13.9. The van der Waals surface area contributed by atoms with Gasteiger partial charge in [0.15, 0.2) is 5.78 Å². The van der Waals surface area contributed by atoms with E-state index < -0.39 is 17.7 Å². The molecule has 1 saturated heterocycles. The molecule has 1 aliphatic rings. The Hall–Kier alpha value is -7.42. The summed E-state index contributed by atoms with van der Waals surface area (Å²) in [6.45, 7) is 4.09. The normalized spacial score (nSPS) is 14.4. The molecule has 70 heavy (non-hydrogen) atoms. The number of aromatic nitrogens is 1. The third kappa shape index (κ3) is 12.4. The molecule has 0 saturated carbocycles. The number of pyridine rings is 1. The number of carbonyl (C=O) groups excluding carboxylic acids is 3. The molecule has 7 aromatic rings. The first-order valence-corrected chi connectivity index (χ1v) is 23.7. The average molecular weight is 943 g/mol. The number of hydrogen-bond acceptors (Lipinski definition) is 11. The number of ketones is 1. The molecule has 6 aromatic carbocycles. The number of benzene rings is 6. The molecule has 1 fully saturated rings. The van der Waals surface area contributed by atoms with Crippen LogP contribution in [-0.4, -0.2) is 75.6 Å². The van der Waals surface area contributed by atoms with Crippen molar-refractivity contribution in [3.05, 3.63) is 213 Å². The predicted octanol–water partition coefficient (Wildman–Crippen LogP) is 7.72. The van der Waals surface area contributed by atoms with E-state index in [9.17, 15) is 34.5 Å². The lowest BCUT2D eigenvalue weighted by atomic mass is 9.86. The zero-order valence-electron chi connectivity index (χ0n) is 38.9. The fourth-order valence-corrected chi connectivity index (χ4v) is 8.78. The van der Waals surface area contributed by atoms with Gasteiger partial charge in [0.2, 0.25) is 11.2 Å². The minimum Gasteiger partial charge on any atom is -0.506 e. The van der Waals surface area contributed by atoms with Gasteiger partial charge in [-0.3, -0.25) is 19.3 Å². The molecule has 1 aromatic heterocycles. The zero-order valence-corrected chi connectivity index (χ0v) is 38.9. The van der Waals surface area contributed by atoms with Crippen molar-refractivity contribution in [1.29, 1.82) is 0 Å². The van der Waals surface area contributed by atoms with Gasteiger partial charge in [-0.1, -0.05) is 115 Å². The van der Waals surface area contributed by atoms with Crippen molar-refractivity contribution in [2.24, 2.45) is 5.92 Å². The monoisotopic (exact) mass is 942 g/mol. The summed E-state index contributed by atoms with van der Waals surface area (Å²) in [6, 6.07) is 46.3. The molecule has 13 nitrogen and oxygen atoms in total.